The summed E-state index contributed by atoms with van der Waals surface area (Å²) in [5.74, 6) is -0.330. The van der Waals surface area contributed by atoms with E-state index >= 15 is 0 Å². The number of ether oxygens (including phenoxy) is 1. The maximum Gasteiger partial charge on any atom is 0.335 e. The minimum Gasteiger partial charge on any atom is -0.432 e. The highest BCUT2D eigenvalue weighted by Crippen LogP contribution is 2.11. The summed E-state index contributed by atoms with van der Waals surface area (Å²) in [7, 11) is 0. The molecular weight excluding hydrogens is 248 g/mol. The van der Waals surface area contributed by atoms with Crippen molar-refractivity contribution in [3.63, 3.8) is 0 Å². The highest BCUT2D eigenvalue weighted by atomic mass is 16.5. The molecule has 0 bridgehead atoms. The molecule has 0 aliphatic heterocycles. The van der Waals surface area contributed by atoms with Crippen LogP contribution in [0.1, 0.15) is 84.0 Å². The number of hydrogen-bond acceptors (Lipinski definition) is 2. The van der Waals surface area contributed by atoms with Crippen molar-refractivity contribution in [2.75, 3.05) is 0 Å². The Morgan fingerprint density at radius 3 is 1.90 bits per heavy atom. The van der Waals surface area contributed by atoms with Gasteiger partial charge in [0.05, 0.1) is 6.26 Å². The predicted molar refractivity (Wildman–Crippen MR) is 86.5 cm³/mol. The highest BCUT2D eigenvalue weighted by molar-refractivity contribution is 5.82. The molecule has 116 valence electrons. The Morgan fingerprint density at radius 1 is 0.900 bits per heavy atom. The lowest BCUT2D eigenvalue weighted by atomic mass is 10.1. The Bertz CT molecular complexity index is 256. The first kappa shape index (κ1) is 18.9. The first-order valence-electron chi connectivity index (χ1n) is 8.29. The Labute approximate surface area is 125 Å². The number of carbonyl (C=O) groups is 1. The average molecular weight is 280 g/mol. The van der Waals surface area contributed by atoms with E-state index in [-0.39, 0.29) is 5.97 Å². The number of rotatable bonds is 14. The molecule has 0 aromatic carbocycles. The zero-order valence-electron chi connectivity index (χ0n) is 13.2. The maximum absolute atomic E-state index is 11.0. The lowest BCUT2D eigenvalue weighted by Gasteiger charge is -2.01. The Kier molecular flexibility index (Phi) is 15.2. The lowest BCUT2D eigenvalue weighted by molar-refractivity contribution is -0.132. The molecule has 0 N–H and O–H groups in total. The first-order chi connectivity index (χ1) is 9.81. The topological polar surface area (TPSA) is 26.3 Å². The molecule has 0 spiro atoms. The fourth-order valence-electron chi connectivity index (χ4n) is 2.23. The van der Waals surface area contributed by atoms with Crippen LogP contribution < -0.4 is 0 Å². The number of allylic oxidation sites excluding steroid dienone is 1. The molecule has 0 saturated heterocycles. The summed E-state index contributed by atoms with van der Waals surface area (Å²) in [6, 6.07) is 0. The van der Waals surface area contributed by atoms with Crippen molar-refractivity contribution in [3.05, 3.63) is 25.0 Å². The van der Waals surface area contributed by atoms with Crippen molar-refractivity contribution in [3.8, 4) is 0 Å². The van der Waals surface area contributed by atoms with Gasteiger partial charge in [0.2, 0.25) is 0 Å². The molecule has 0 aromatic rings. The van der Waals surface area contributed by atoms with E-state index in [1.54, 1.807) is 0 Å². The predicted octanol–water partition coefficient (Wildman–Crippen LogP) is 5.93. The van der Waals surface area contributed by atoms with E-state index in [1.807, 2.05) is 6.08 Å². The van der Waals surface area contributed by atoms with Gasteiger partial charge in [-0.2, -0.15) is 0 Å². The summed E-state index contributed by atoms with van der Waals surface area (Å²) in [5.41, 5.74) is 0. The summed E-state index contributed by atoms with van der Waals surface area (Å²) < 4.78 is 4.59. The van der Waals surface area contributed by atoms with Crippen LogP contribution in [0, 0.1) is 0 Å². The summed E-state index contributed by atoms with van der Waals surface area (Å²) in [6.07, 6.45) is 20.3. The smallest absolute Gasteiger partial charge is 0.335 e. The number of hydrogen-bond donors (Lipinski definition) is 0. The lowest BCUT2D eigenvalue weighted by Crippen LogP contribution is -1.92. The number of esters is 1. The molecule has 0 heterocycles. The van der Waals surface area contributed by atoms with E-state index in [0.717, 1.165) is 19.1 Å². The van der Waals surface area contributed by atoms with Crippen LogP contribution in [0.15, 0.2) is 25.0 Å². The third-order valence-corrected chi connectivity index (χ3v) is 3.43. The van der Waals surface area contributed by atoms with Gasteiger partial charge >= 0.3 is 5.97 Å². The van der Waals surface area contributed by atoms with E-state index in [4.69, 9.17) is 0 Å². The average Bonchev–Trinajstić information content (AvgIpc) is 2.44. The Hall–Kier alpha value is -1.05. The zero-order chi connectivity index (χ0) is 14.9. The molecule has 0 radical (unpaired) electrons. The van der Waals surface area contributed by atoms with Gasteiger partial charge < -0.3 is 4.74 Å². The van der Waals surface area contributed by atoms with Crippen LogP contribution in [0.25, 0.3) is 0 Å². The van der Waals surface area contributed by atoms with Crippen LogP contribution in [-0.2, 0) is 9.53 Å². The minimum absolute atomic E-state index is 0.330. The van der Waals surface area contributed by atoms with Crippen LogP contribution >= 0.6 is 0 Å². The van der Waals surface area contributed by atoms with E-state index < -0.39 is 0 Å². The normalized spacial score (nSPS) is 10.8. The molecule has 0 aliphatic rings. The van der Waals surface area contributed by atoms with Crippen molar-refractivity contribution in [1.29, 1.82) is 0 Å². The second kappa shape index (κ2) is 16.0. The third-order valence-electron chi connectivity index (χ3n) is 3.43. The van der Waals surface area contributed by atoms with E-state index in [1.165, 1.54) is 70.3 Å². The van der Waals surface area contributed by atoms with E-state index in [2.05, 4.69) is 18.2 Å². The molecule has 0 fully saturated rings. The quantitative estimate of drug-likeness (QED) is 0.170. The maximum atomic E-state index is 11.0. The van der Waals surface area contributed by atoms with Gasteiger partial charge in [-0.15, -0.1) is 0 Å². The number of unbranched alkanes of at least 4 members (excludes halogenated alkanes) is 11. The molecule has 0 atom stereocenters. The van der Waals surface area contributed by atoms with Crippen molar-refractivity contribution in [2.45, 2.75) is 84.0 Å². The highest BCUT2D eigenvalue weighted by Gasteiger charge is 1.93. The molecule has 0 saturated carbocycles. The second-order valence-corrected chi connectivity index (χ2v) is 5.33. The summed E-state index contributed by atoms with van der Waals surface area (Å²) >= 11 is 0. The Balaban J connectivity index is 3.13. The van der Waals surface area contributed by atoms with Crippen molar-refractivity contribution < 1.29 is 9.53 Å². The Morgan fingerprint density at radius 2 is 1.40 bits per heavy atom. The van der Waals surface area contributed by atoms with Gasteiger partial charge in [-0.05, 0) is 12.8 Å². The van der Waals surface area contributed by atoms with Crippen LogP contribution in [-0.4, -0.2) is 5.97 Å². The molecule has 0 unspecified atom stereocenters. The molecular formula is C18H32O2. The van der Waals surface area contributed by atoms with Gasteiger partial charge in [0.15, 0.2) is 0 Å². The van der Waals surface area contributed by atoms with Gasteiger partial charge in [-0.3, -0.25) is 0 Å². The summed E-state index contributed by atoms with van der Waals surface area (Å²) in [4.78, 5) is 11.0. The SMILES string of the molecule is C=COC(=O)/C=C/CCCCCCCCCCCCC. The first-order valence-corrected chi connectivity index (χ1v) is 8.29. The van der Waals surface area contributed by atoms with Crippen molar-refractivity contribution >= 4 is 5.97 Å². The molecule has 0 aliphatic carbocycles. The molecule has 2 nitrogen and oxygen atoms in total. The molecule has 0 aromatic heterocycles. The van der Waals surface area contributed by atoms with Gasteiger partial charge in [0, 0.05) is 6.08 Å². The third kappa shape index (κ3) is 15.0. The summed E-state index contributed by atoms with van der Waals surface area (Å²) in [6.45, 7) is 5.60. The molecule has 20 heavy (non-hydrogen) atoms. The number of carbonyl (C=O) groups excluding carboxylic acids is 1. The van der Waals surface area contributed by atoms with Crippen LogP contribution in [0.4, 0.5) is 0 Å². The summed E-state index contributed by atoms with van der Waals surface area (Å²) in [5, 5.41) is 0. The largest absolute Gasteiger partial charge is 0.432 e. The van der Waals surface area contributed by atoms with Gasteiger partial charge in [0.25, 0.3) is 0 Å². The fourth-order valence-corrected chi connectivity index (χ4v) is 2.23. The van der Waals surface area contributed by atoms with Crippen LogP contribution in [0.5, 0.6) is 0 Å². The zero-order valence-corrected chi connectivity index (χ0v) is 13.2. The minimum atomic E-state index is -0.330. The van der Waals surface area contributed by atoms with Gasteiger partial charge in [-0.1, -0.05) is 83.8 Å². The molecule has 0 rings (SSSR count). The van der Waals surface area contributed by atoms with Crippen molar-refractivity contribution in [1.82, 2.24) is 0 Å². The van der Waals surface area contributed by atoms with Crippen LogP contribution in [0.2, 0.25) is 0 Å². The van der Waals surface area contributed by atoms with E-state index in [9.17, 15) is 4.79 Å². The van der Waals surface area contributed by atoms with Gasteiger partial charge in [0.1, 0.15) is 0 Å². The molecule has 0 amide bonds. The molecule has 2 heteroatoms. The van der Waals surface area contributed by atoms with Crippen LogP contribution in [0.3, 0.4) is 0 Å². The monoisotopic (exact) mass is 280 g/mol. The fraction of sp³-hybridized carbons (Fsp3) is 0.722. The van der Waals surface area contributed by atoms with Gasteiger partial charge in [-0.25, -0.2) is 4.79 Å². The standard InChI is InChI=1S/C18H32O2/c1-3-5-6-7-8-9-10-11-12-13-14-15-16-17-18(19)20-4-2/h4,16-17H,2-3,5-15H2,1H3/b17-16+. The van der Waals surface area contributed by atoms with E-state index in [0.29, 0.717) is 0 Å². The van der Waals surface area contributed by atoms with Crippen molar-refractivity contribution in [2.24, 2.45) is 0 Å². The second-order valence-electron chi connectivity index (χ2n) is 5.33.